The molecule has 20 heavy (non-hydrogen) atoms. The Labute approximate surface area is 121 Å². The Bertz CT molecular complexity index is 648. The van der Waals surface area contributed by atoms with Crippen LogP contribution in [0.3, 0.4) is 0 Å². The number of Topliss-reactive ketones (excluding diaryl/α,β-unsaturated/α-hetero) is 1. The molecule has 0 spiro atoms. The van der Waals surface area contributed by atoms with Gasteiger partial charge in [0.05, 0.1) is 4.91 Å². The minimum absolute atomic E-state index is 0.0332. The van der Waals surface area contributed by atoms with E-state index in [2.05, 4.69) is 5.10 Å². The Morgan fingerprint density at radius 1 is 1.60 bits per heavy atom. The average molecular weight is 291 g/mol. The van der Waals surface area contributed by atoms with Crippen molar-refractivity contribution in [1.82, 2.24) is 9.78 Å². The van der Waals surface area contributed by atoms with Gasteiger partial charge in [-0.1, -0.05) is 24.6 Å². The number of ketones is 1. The molecule has 1 unspecified atom stereocenters. The van der Waals surface area contributed by atoms with E-state index in [9.17, 15) is 9.59 Å². The van der Waals surface area contributed by atoms with Crippen LogP contribution in [0.4, 0.5) is 0 Å². The van der Waals surface area contributed by atoms with Crippen molar-refractivity contribution in [3.05, 3.63) is 39.3 Å². The number of aromatic nitrogens is 2. The van der Waals surface area contributed by atoms with Crippen LogP contribution in [0.25, 0.3) is 0 Å². The largest absolute Gasteiger partial charge is 0.401 e. The van der Waals surface area contributed by atoms with E-state index in [0.29, 0.717) is 22.9 Å². The van der Waals surface area contributed by atoms with E-state index in [1.54, 1.807) is 12.3 Å². The molecule has 0 saturated heterocycles. The second-order valence-corrected chi connectivity index (χ2v) is 6.93. The first kappa shape index (κ1) is 13.4. The third-order valence-electron chi connectivity index (χ3n) is 3.78. The van der Waals surface area contributed by atoms with Crippen molar-refractivity contribution < 1.29 is 4.79 Å². The zero-order valence-electron chi connectivity index (χ0n) is 11.3. The molecule has 1 saturated carbocycles. The van der Waals surface area contributed by atoms with Crippen LogP contribution in [0.2, 0.25) is 0 Å². The van der Waals surface area contributed by atoms with Gasteiger partial charge in [-0.05, 0) is 25.3 Å². The molecular formula is C14H17N3O2S. The van der Waals surface area contributed by atoms with Gasteiger partial charge in [-0.15, -0.1) is 0 Å². The number of nitrogens with two attached hydrogens (primary N) is 1. The first-order valence-electron chi connectivity index (χ1n) is 6.75. The molecule has 2 N–H and O–H groups in total. The van der Waals surface area contributed by atoms with Crippen molar-refractivity contribution in [2.45, 2.75) is 37.5 Å². The number of carbonyl (C=O) groups is 1. The van der Waals surface area contributed by atoms with Crippen LogP contribution >= 0.6 is 11.8 Å². The molecule has 0 aromatic carbocycles. The van der Waals surface area contributed by atoms with Crippen LogP contribution in [0.15, 0.2) is 33.7 Å². The van der Waals surface area contributed by atoms with Crippen molar-refractivity contribution in [3.63, 3.8) is 0 Å². The summed E-state index contributed by atoms with van der Waals surface area (Å²) in [5, 5.41) is 4.23. The second kappa shape index (κ2) is 4.77. The van der Waals surface area contributed by atoms with Gasteiger partial charge >= 0.3 is 0 Å². The summed E-state index contributed by atoms with van der Waals surface area (Å²) in [5.74, 6) is 0.574. The summed E-state index contributed by atoms with van der Waals surface area (Å²) >= 11 is 1.42. The molecule has 1 aromatic rings. The van der Waals surface area contributed by atoms with Crippen molar-refractivity contribution in [2.24, 2.45) is 11.7 Å². The number of nitrogens with zero attached hydrogens (tertiary/aromatic N) is 2. The lowest BCUT2D eigenvalue weighted by Gasteiger charge is -2.29. The highest BCUT2D eigenvalue weighted by atomic mass is 32.2. The van der Waals surface area contributed by atoms with Crippen LogP contribution in [-0.4, -0.2) is 15.6 Å². The van der Waals surface area contributed by atoms with Crippen molar-refractivity contribution >= 4 is 17.5 Å². The minimum Gasteiger partial charge on any atom is -0.401 e. The van der Waals surface area contributed by atoms with Gasteiger partial charge in [-0.3, -0.25) is 9.59 Å². The highest BCUT2D eigenvalue weighted by Crippen LogP contribution is 2.54. The third kappa shape index (κ3) is 2.28. The van der Waals surface area contributed by atoms with Gasteiger partial charge in [0.15, 0.2) is 5.78 Å². The summed E-state index contributed by atoms with van der Waals surface area (Å²) in [7, 11) is 0. The van der Waals surface area contributed by atoms with E-state index in [0.717, 1.165) is 6.42 Å². The van der Waals surface area contributed by atoms with Gasteiger partial charge in [-0.25, -0.2) is 4.68 Å². The fourth-order valence-corrected chi connectivity index (χ4v) is 4.22. The molecule has 1 atom stereocenters. The lowest BCUT2D eigenvalue weighted by molar-refractivity contribution is -0.113. The molecule has 0 radical (unpaired) electrons. The van der Waals surface area contributed by atoms with Crippen LogP contribution in [0.5, 0.6) is 0 Å². The maximum absolute atomic E-state index is 12.1. The van der Waals surface area contributed by atoms with E-state index >= 15 is 0 Å². The van der Waals surface area contributed by atoms with E-state index in [4.69, 9.17) is 5.73 Å². The normalized spacial score (nSPS) is 26.1. The highest BCUT2D eigenvalue weighted by molar-refractivity contribution is 8.05. The Kier molecular flexibility index (Phi) is 3.20. The molecule has 1 aliphatic heterocycles. The van der Waals surface area contributed by atoms with E-state index in [-0.39, 0.29) is 11.3 Å². The summed E-state index contributed by atoms with van der Waals surface area (Å²) in [6, 6.07) is 3.14. The van der Waals surface area contributed by atoms with Crippen LogP contribution in [0.1, 0.15) is 32.6 Å². The number of thioether (sulfide) groups is 1. The summed E-state index contributed by atoms with van der Waals surface area (Å²) in [4.78, 5) is 23.9. The molecule has 5 nitrogen and oxygen atoms in total. The summed E-state index contributed by atoms with van der Waals surface area (Å²) in [6.45, 7) is 1.52. The van der Waals surface area contributed by atoms with Gasteiger partial charge in [0.25, 0.3) is 5.56 Å². The minimum atomic E-state index is -0.523. The first-order valence-corrected chi connectivity index (χ1v) is 7.57. The smallest absolute Gasteiger partial charge is 0.268 e. The molecule has 1 fully saturated rings. The summed E-state index contributed by atoms with van der Waals surface area (Å²) in [5.41, 5.74) is 6.48. The predicted molar refractivity (Wildman–Crippen MR) is 77.9 cm³/mol. The van der Waals surface area contributed by atoms with Crippen LogP contribution in [-0.2, 0) is 9.67 Å². The Hall–Kier alpha value is -1.56. The number of rotatable bonds is 4. The Morgan fingerprint density at radius 2 is 2.35 bits per heavy atom. The number of carbonyl (C=O) groups excluding carboxylic acids is 1. The second-order valence-electron chi connectivity index (χ2n) is 5.56. The highest BCUT2D eigenvalue weighted by Gasteiger charge is 2.46. The molecule has 0 bridgehead atoms. The quantitative estimate of drug-likeness (QED) is 0.911. The molecular weight excluding hydrogens is 274 g/mol. The van der Waals surface area contributed by atoms with Crippen LogP contribution < -0.4 is 11.3 Å². The Morgan fingerprint density at radius 3 is 2.90 bits per heavy atom. The zero-order chi connectivity index (χ0) is 14.3. The fourth-order valence-electron chi connectivity index (χ4n) is 2.72. The topological polar surface area (TPSA) is 78.0 Å². The van der Waals surface area contributed by atoms with Gasteiger partial charge in [-0.2, -0.15) is 5.10 Å². The van der Waals surface area contributed by atoms with Gasteiger partial charge in [0.2, 0.25) is 0 Å². The SMILES string of the molecule is CC(=O)C1=C(N)CC(CC2CC2)(n2ncccc2=O)S1. The molecule has 2 aliphatic rings. The lowest BCUT2D eigenvalue weighted by atomic mass is 10.0. The monoisotopic (exact) mass is 291 g/mol. The summed E-state index contributed by atoms with van der Waals surface area (Å²) in [6.07, 6.45) is 5.32. The van der Waals surface area contributed by atoms with E-state index < -0.39 is 4.87 Å². The molecule has 0 amide bonds. The van der Waals surface area contributed by atoms with E-state index in [1.165, 1.54) is 42.3 Å². The average Bonchev–Trinajstić information content (AvgIpc) is 3.12. The maximum Gasteiger partial charge on any atom is 0.268 e. The molecule has 2 heterocycles. The van der Waals surface area contributed by atoms with Crippen molar-refractivity contribution in [2.75, 3.05) is 0 Å². The predicted octanol–water partition coefficient (Wildman–Crippen LogP) is 1.59. The number of allylic oxidation sites excluding steroid dienone is 2. The molecule has 3 rings (SSSR count). The van der Waals surface area contributed by atoms with E-state index in [1.807, 2.05) is 0 Å². The van der Waals surface area contributed by atoms with Gasteiger partial charge in [0.1, 0.15) is 4.87 Å². The summed E-state index contributed by atoms with van der Waals surface area (Å²) < 4.78 is 1.51. The zero-order valence-corrected chi connectivity index (χ0v) is 12.2. The van der Waals surface area contributed by atoms with Crippen molar-refractivity contribution in [1.29, 1.82) is 0 Å². The Balaban J connectivity index is 2.02. The standard InChI is InChI=1S/C14H17N3O2S/c1-9(18)13-11(15)8-14(20-13,7-10-4-5-10)17-12(19)3-2-6-16-17/h2-3,6,10H,4-5,7-8,15H2,1H3. The number of hydrogen-bond donors (Lipinski definition) is 1. The molecule has 106 valence electrons. The maximum atomic E-state index is 12.1. The molecule has 1 aliphatic carbocycles. The molecule has 6 heteroatoms. The lowest BCUT2D eigenvalue weighted by Crippen LogP contribution is -2.39. The van der Waals surface area contributed by atoms with Gasteiger partial charge < -0.3 is 5.73 Å². The molecule has 1 aromatic heterocycles. The third-order valence-corrected chi connectivity index (χ3v) is 5.39. The van der Waals surface area contributed by atoms with Crippen molar-refractivity contribution in [3.8, 4) is 0 Å². The van der Waals surface area contributed by atoms with Crippen LogP contribution in [0, 0.1) is 5.92 Å². The first-order chi connectivity index (χ1) is 9.52. The van der Waals surface area contributed by atoms with Gasteiger partial charge in [0, 0.05) is 24.4 Å². The number of hydrogen-bond acceptors (Lipinski definition) is 5. The fraction of sp³-hybridized carbons (Fsp3) is 0.500.